The predicted octanol–water partition coefficient (Wildman–Crippen LogP) is 3.12. The molecule has 0 aliphatic heterocycles. The summed E-state index contributed by atoms with van der Waals surface area (Å²) in [5.74, 6) is 0.949. The number of methoxy groups -OCH3 is 1. The Morgan fingerprint density at radius 2 is 1.88 bits per heavy atom. The van der Waals surface area contributed by atoms with E-state index in [1.54, 1.807) is 7.11 Å². The first-order chi connectivity index (χ1) is 7.65. The maximum Gasteiger partial charge on any atom is 0.124 e. The van der Waals surface area contributed by atoms with Gasteiger partial charge in [0.1, 0.15) is 5.75 Å². The van der Waals surface area contributed by atoms with Gasteiger partial charge in [-0.25, -0.2) is 0 Å². The van der Waals surface area contributed by atoms with Gasteiger partial charge in [-0.1, -0.05) is 31.4 Å². The Bertz CT molecular complexity index is 367. The summed E-state index contributed by atoms with van der Waals surface area (Å²) in [6.07, 6.45) is 5.92. The van der Waals surface area contributed by atoms with E-state index in [0.717, 1.165) is 18.6 Å². The van der Waals surface area contributed by atoms with Crippen LogP contribution >= 0.6 is 0 Å². The molecule has 0 saturated heterocycles. The number of rotatable bonds is 2. The van der Waals surface area contributed by atoms with Gasteiger partial charge in [-0.2, -0.15) is 0 Å². The van der Waals surface area contributed by atoms with Gasteiger partial charge in [-0.15, -0.1) is 0 Å². The van der Waals surface area contributed by atoms with Crippen LogP contribution in [0.25, 0.3) is 0 Å². The van der Waals surface area contributed by atoms with Gasteiger partial charge in [-0.05, 0) is 31.4 Å². The first-order valence-corrected chi connectivity index (χ1v) is 6.10. The molecule has 1 saturated carbocycles. The molecule has 2 nitrogen and oxygen atoms in total. The molecule has 1 aromatic carbocycles. The van der Waals surface area contributed by atoms with E-state index in [-0.39, 0.29) is 5.54 Å². The summed E-state index contributed by atoms with van der Waals surface area (Å²) in [6, 6.07) is 6.35. The van der Waals surface area contributed by atoms with Gasteiger partial charge in [0.2, 0.25) is 0 Å². The van der Waals surface area contributed by atoms with Gasteiger partial charge in [0, 0.05) is 11.1 Å². The summed E-state index contributed by atoms with van der Waals surface area (Å²) in [5, 5.41) is 0. The molecule has 88 valence electrons. The van der Waals surface area contributed by atoms with Crippen molar-refractivity contribution in [1.82, 2.24) is 0 Å². The second-order valence-corrected chi connectivity index (χ2v) is 4.92. The normalized spacial score (nSPS) is 19.4. The van der Waals surface area contributed by atoms with Crippen LogP contribution in [0.1, 0.15) is 43.2 Å². The zero-order valence-electron chi connectivity index (χ0n) is 10.3. The molecule has 1 fully saturated rings. The molecular weight excluding hydrogens is 198 g/mol. The van der Waals surface area contributed by atoms with E-state index in [9.17, 15) is 0 Å². The predicted molar refractivity (Wildman–Crippen MR) is 66.7 cm³/mol. The lowest BCUT2D eigenvalue weighted by Crippen LogP contribution is -2.38. The minimum Gasteiger partial charge on any atom is -0.496 e. The van der Waals surface area contributed by atoms with Crippen LogP contribution in [0.15, 0.2) is 18.2 Å². The highest BCUT2D eigenvalue weighted by Crippen LogP contribution is 2.39. The molecule has 0 amide bonds. The Hall–Kier alpha value is -1.02. The van der Waals surface area contributed by atoms with Crippen molar-refractivity contribution < 1.29 is 4.74 Å². The lowest BCUT2D eigenvalue weighted by molar-refractivity contribution is 0.289. The quantitative estimate of drug-likeness (QED) is 0.829. The number of hydrogen-bond donors (Lipinski definition) is 1. The van der Waals surface area contributed by atoms with Crippen LogP contribution in [-0.2, 0) is 5.54 Å². The molecule has 0 bridgehead atoms. The molecule has 0 spiro atoms. The third-order valence-corrected chi connectivity index (χ3v) is 3.64. The molecule has 0 radical (unpaired) electrons. The lowest BCUT2D eigenvalue weighted by Gasteiger charge is -2.35. The fraction of sp³-hybridized carbons (Fsp3) is 0.571. The van der Waals surface area contributed by atoms with Gasteiger partial charge < -0.3 is 10.5 Å². The van der Waals surface area contributed by atoms with Crippen molar-refractivity contribution in [2.75, 3.05) is 7.11 Å². The van der Waals surface area contributed by atoms with Crippen LogP contribution in [0.4, 0.5) is 0 Å². The number of hydrogen-bond acceptors (Lipinski definition) is 2. The van der Waals surface area contributed by atoms with E-state index in [4.69, 9.17) is 10.5 Å². The molecule has 1 aromatic rings. The Labute approximate surface area is 97.8 Å². The van der Waals surface area contributed by atoms with Crippen molar-refractivity contribution in [2.45, 2.75) is 44.6 Å². The Kier molecular flexibility index (Phi) is 3.20. The highest BCUT2D eigenvalue weighted by Gasteiger charge is 2.31. The Morgan fingerprint density at radius 3 is 2.50 bits per heavy atom. The molecule has 0 heterocycles. The number of aryl methyl sites for hydroxylation is 1. The van der Waals surface area contributed by atoms with Crippen LogP contribution in [0.3, 0.4) is 0 Å². The number of nitrogens with two attached hydrogens (primary N) is 1. The Balaban J connectivity index is 2.37. The monoisotopic (exact) mass is 219 g/mol. The van der Waals surface area contributed by atoms with Crippen LogP contribution in [-0.4, -0.2) is 7.11 Å². The second-order valence-electron chi connectivity index (χ2n) is 4.92. The molecule has 0 atom stereocenters. The topological polar surface area (TPSA) is 35.2 Å². The minimum atomic E-state index is -0.169. The molecule has 2 heteroatoms. The van der Waals surface area contributed by atoms with Gasteiger partial charge in [0.05, 0.1) is 7.11 Å². The number of benzene rings is 1. The fourth-order valence-electron chi connectivity index (χ4n) is 2.66. The molecule has 0 unspecified atom stereocenters. The van der Waals surface area contributed by atoms with E-state index in [1.807, 2.05) is 0 Å². The third-order valence-electron chi connectivity index (χ3n) is 3.64. The summed E-state index contributed by atoms with van der Waals surface area (Å²) >= 11 is 0. The van der Waals surface area contributed by atoms with Gasteiger partial charge in [-0.3, -0.25) is 0 Å². The van der Waals surface area contributed by atoms with Crippen LogP contribution in [0.2, 0.25) is 0 Å². The second kappa shape index (κ2) is 4.46. The first-order valence-electron chi connectivity index (χ1n) is 6.10. The van der Waals surface area contributed by atoms with Crippen molar-refractivity contribution in [3.05, 3.63) is 29.3 Å². The van der Waals surface area contributed by atoms with Gasteiger partial charge in [0.15, 0.2) is 0 Å². The van der Waals surface area contributed by atoms with Crippen molar-refractivity contribution in [3.8, 4) is 5.75 Å². The number of ether oxygens (including phenoxy) is 1. The minimum absolute atomic E-state index is 0.169. The maximum atomic E-state index is 6.53. The maximum absolute atomic E-state index is 6.53. The lowest BCUT2D eigenvalue weighted by atomic mass is 9.77. The van der Waals surface area contributed by atoms with Crippen LogP contribution in [0, 0.1) is 6.92 Å². The van der Waals surface area contributed by atoms with Crippen molar-refractivity contribution in [2.24, 2.45) is 5.73 Å². The summed E-state index contributed by atoms with van der Waals surface area (Å²) in [7, 11) is 1.73. The van der Waals surface area contributed by atoms with E-state index in [1.165, 1.54) is 30.4 Å². The smallest absolute Gasteiger partial charge is 0.124 e. The van der Waals surface area contributed by atoms with Crippen molar-refractivity contribution >= 4 is 0 Å². The third kappa shape index (κ3) is 2.07. The van der Waals surface area contributed by atoms with E-state index >= 15 is 0 Å². The molecule has 1 aliphatic rings. The van der Waals surface area contributed by atoms with Crippen molar-refractivity contribution in [3.63, 3.8) is 0 Å². The zero-order valence-corrected chi connectivity index (χ0v) is 10.3. The molecule has 1 aliphatic carbocycles. The standard InChI is InChI=1S/C14H21NO/c1-11-6-7-12(13(10-11)16-2)14(15)8-4-3-5-9-14/h6-7,10H,3-5,8-9,15H2,1-2H3. The van der Waals surface area contributed by atoms with E-state index in [0.29, 0.717) is 0 Å². The molecule has 0 aromatic heterocycles. The summed E-state index contributed by atoms with van der Waals surface area (Å²) in [6.45, 7) is 2.08. The van der Waals surface area contributed by atoms with E-state index < -0.39 is 0 Å². The summed E-state index contributed by atoms with van der Waals surface area (Å²) < 4.78 is 5.46. The highest BCUT2D eigenvalue weighted by atomic mass is 16.5. The summed E-state index contributed by atoms with van der Waals surface area (Å²) in [5.41, 5.74) is 8.76. The molecule has 2 rings (SSSR count). The SMILES string of the molecule is COc1cc(C)ccc1C1(N)CCCCC1. The average Bonchev–Trinajstić information content (AvgIpc) is 2.29. The molecular formula is C14H21NO. The van der Waals surface area contributed by atoms with Crippen LogP contribution in [0.5, 0.6) is 5.75 Å². The van der Waals surface area contributed by atoms with Gasteiger partial charge in [0.25, 0.3) is 0 Å². The molecule has 16 heavy (non-hydrogen) atoms. The van der Waals surface area contributed by atoms with Crippen molar-refractivity contribution in [1.29, 1.82) is 0 Å². The first kappa shape index (κ1) is 11.5. The average molecular weight is 219 g/mol. The zero-order chi connectivity index (χ0) is 11.6. The van der Waals surface area contributed by atoms with Gasteiger partial charge >= 0.3 is 0 Å². The summed E-state index contributed by atoms with van der Waals surface area (Å²) in [4.78, 5) is 0. The molecule has 2 N–H and O–H groups in total. The van der Waals surface area contributed by atoms with Crippen LogP contribution < -0.4 is 10.5 Å². The largest absolute Gasteiger partial charge is 0.496 e. The van der Waals surface area contributed by atoms with E-state index in [2.05, 4.69) is 25.1 Å². The Morgan fingerprint density at radius 1 is 1.19 bits per heavy atom. The fourth-order valence-corrected chi connectivity index (χ4v) is 2.66. The highest BCUT2D eigenvalue weighted by molar-refractivity contribution is 5.42.